The number of carbonyl (C=O) groups is 1. The number of fused-ring (bicyclic) bond motifs is 1. The summed E-state index contributed by atoms with van der Waals surface area (Å²) in [5.41, 5.74) is -1.46. The highest BCUT2D eigenvalue weighted by Gasteiger charge is 2.41. The highest BCUT2D eigenvalue weighted by molar-refractivity contribution is 5.89. The van der Waals surface area contributed by atoms with Crippen molar-refractivity contribution >= 4 is 17.0 Å². The molecule has 0 fully saturated rings. The van der Waals surface area contributed by atoms with Crippen LogP contribution in [0.25, 0.3) is 16.9 Å². The lowest BCUT2D eigenvalue weighted by atomic mass is 10.2. The van der Waals surface area contributed by atoms with Gasteiger partial charge in [-0.1, -0.05) is 12.1 Å². The summed E-state index contributed by atoms with van der Waals surface area (Å²) in [6, 6.07) is 6.62. The van der Waals surface area contributed by atoms with E-state index in [1.165, 1.54) is 0 Å². The van der Waals surface area contributed by atoms with Gasteiger partial charge in [-0.2, -0.15) is 18.3 Å². The number of hydrogen-bond donors (Lipinski definition) is 1. The molecule has 0 bridgehead atoms. The topological polar surface area (TPSA) is 80.9 Å². The third-order valence-electron chi connectivity index (χ3n) is 2.92. The van der Waals surface area contributed by atoms with Crippen LogP contribution in [0.4, 0.5) is 13.2 Å². The maximum atomic E-state index is 13.1. The zero-order valence-electron chi connectivity index (χ0n) is 10.7. The molecular formula is C13H7F3N4O2. The Hall–Kier alpha value is -2.97. The fourth-order valence-corrected chi connectivity index (χ4v) is 2.00. The third-order valence-corrected chi connectivity index (χ3v) is 2.92. The number of carboxylic acid groups (broad SMARTS) is 1. The number of nitrogens with zero attached hydrogens (tertiary/aromatic N) is 4. The summed E-state index contributed by atoms with van der Waals surface area (Å²) in [5, 5.41) is 12.4. The lowest BCUT2D eigenvalue weighted by Gasteiger charge is -2.11. The predicted molar refractivity (Wildman–Crippen MR) is 68.6 cm³/mol. The second kappa shape index (κ2) is 4.79. The molecule has 1 N–H and O–H groups in total. The Morgan fingerprint density at radius 3 is 2.45 bits per heavy atom. The Morgan fingerprint density at radius 1 is 1.14 bits per heavy atom. The zero-order valence-corrected chi connectivity index (χ0v) is 10.7. The molecule has 0 aliphatic heterocycles. The minimum absolute atomic E-state index is 0.210. The molecule has 1 aromatic carbocycles. The van der Waals surface area contributed by atoms with E-state index < -0.39 is 23.4 Å². The number of alkyl halides is 3. The van der Waals surface area contributed by atoms with Crippen LogP contribution in [0.2, 0.25) is 0 Å². The van der Waals surface area contributed by atoms with E-state index in [4.69, 9.17) is 5.11 Å². The Bertz CT molecular complexity index is 873. The molecule has 0 saturated heterocycles. The highest BCUT2D eigenvalue weighted by atomic mass is 19.4. The molecule has 2 heterocycles. The molecule has 112 valence electrons. The van der Waals surface area contributed by atoms with E-state index in [1.807, 2.05) is 0 Å². The lowest BCUT2D eigenvalue weighted by Crippen LogP contribution is -2.18. The van der Waals surface area contributed by atoms with Gasteiger partial charge in [0.1, 0.15) is 5.56 Å². The monoisotopic (exact) mass is 308 g/mol. The third kappa shape index (κ3) is 2.26. The van der Waals surface area contributed by atoms with Crippen LogP contribution >= 0.6 is 0 Å². The summed E-state index contributed by atoms with van der Waals surface area (Å²) in [7, 11) is 0. The van der Waals surface area contributed by atoms with Gasteiger partial charge in [0.25, 0.3) is 0 Å². The van der Waals surface area contributed by atoms with Crippen LogP contribution in [0, 0.1) is 0 Å². The first kappa shape index (κ1) is 14.0. The van der Waals surface area contributed by atoms with Gasteiger partial charge in [0.2, 0.25) is 0 Å². The smallest absolute Gasteiger partial charge is 0.434 e. The fourth-order valence-electron chi connectivity index (χ4n) is 2.00. The predicted octanol–water partition coefficient (Wildman–Crippen LogP) is 2.53. The Kier molecular flexibility index (Phi) is 3.05. The highest BCUT2D eigenvalue weighted by Crippen LogP contribution is 2.33. The van der Waals surface area contributed by atoms with Gasteiger partial charge in [-0.05, 0) is 12.1 Å². The standard InChI is InChI=1S/C13H7F3N4O2/c14-13(15,16)11-7(12(21)22)5-18-20(11)10-6-17-8-3-1-2-4-9(8)19-10/h1-6H,(H,21,22). The van der Waals surface area contributed by atoms with E-state index in [2.05, 4.69) is 15.1 Å². The van der Waals surface area contributed by atoms with E-state index in [0.29, 0.717) is 21.9 Å². The molecule has 0 saturated carbocycles. The first-order valence-electron chi connectivity index (χ1n) is 5.98. The number of rotatable bonds is 2. The van der Waals surface area contributed by atoms with Gasteiger partial charge in [0.05, 0.1) is 23.4 Å². The van der Waals surface area contributed by atoms with Crippen LogP contribution in [-0.4, -0.2) is 30.8 Å². The Balaban J connectivity index is 2.24. The molecule has 6 nitrogen and oxygen atoms in total. The normalized spacial score (nSPS) is 11.8. The zero-order chi connectivity index (χ0) is 15.9. The van der Waals surface area contributed by atoms with Crippen molar-refractivity contribution in [2.45, 2.75) is 6.18 Å². The average Bonchev–Trinajstić information content (AvgIpc) is 2.92. The number of benzene rings is 1. The first-order chi connectivity index (χ1) is 10.4. The minimum Gasteiger partial charge on any atom is -0.478 e. The van der Waals surface area contributed by atoms with Gasteiger partial charge in [-0.15, -0.1) is 0 Å². The van der Waals surface area contributed by atoms with Crippen molar-refractivity contribution < 1.29 is 23.1 Å². The van der Waals surface area contributed by atoms with E-state index in [-0.39, 0.29) is 5.82 Å². The van der Waals surface area contributed by atoms with Crippen LogP contribution in [0.3, 0.4) is 0 Å². The summed E-state index contributed by atoms with van der Waals surface area (Å²) in [6.45, 7) is 0. The molecular weight excluding hydrogens is 301 g/mol. The van der Waals surface area contributed by atoms with Crippen LogP contribution < -0.4 is 0 Å². The molecule has 22 heavy (non-hydrogen) atoms. The summed E-state index contributed by atoms with van der Waals surface area (Å²) in [6.07, 6.45) is -3.14. The van der Waals surface area contributed by atoms with Crippen molar-refractivity contribution in [3.05, 3.63) is 47.9 Å². The van der Waals surface area contributed by atoms with E-state index in [9.17, 15) is 18.0 Å². The van der Waals surface area contributed by atoms with Crippen LogP contribution in [-0.2, 0) is 6.18 Å². The van der Waals surface area contributed by atoms with Gasteiger partial charge >= 0.3 is 12.1 Å². The van der Waals surface area contributed by atoms with E-state index in [1.54, 1.807) is 24.3 Å². The number of hydrogen-bond acceptors (Lipinski definition) is 4. The molecule has 2 aromatic heterocycles. The molecule has 9 heteroatoms. The second-order valence-electron chi connectivity index (χ2n) is 4.34. The van der Waals surface area contributed by atoms with E-state index >= 15 is 0 Å². The van der Waals surface area contributed by atoms with Gasteiger partial charge < -0.3 is 5.11 Å². The molecule has 3 aromatic rings. The summed E-state index contributed by atoms with van der Waals surface area (Å²) in [5.74, 6) is -1.93. The van der Waals surface area contributed by atoms with Crippen LogP contribution in [0.5, 0.6) is 0 Å². The molecule has 0 atom stereocenters. The number of halogens is 3. The Labute approximate surface area is 120 Å². The molecule has 3 rings (SSSR count). The van der Waals surface area contributed by atoms with Crippen molar-refractivity contribution in [1.29, 1.82) is 0 Å². The number of carboxylic acids is 1. The fraction of sp³-hybridized carbons (Fsp3) is 0.0769. The second-order valence-corrected chi connectivity index (χ2v) is 4.34. The number of aromatic nitrogens is 4. The molecule has 0 aliphatic rings. The SMILES string of the molecule is O=C(O)c1cnn(-c2cnc3ccccc3n2)c1C(F)(F)F. The Morgan fingerprint density at radius 2 is 1.82 bits per heavy atom. The number of aromatic carboxylic acids is 1. The van der Waals surface area contributed by atoms with E-state index in [0.717, 1.165) is 6.20 Å². The average molecular weight is 308 g/mol. The largest absolute Gasteiger partial charge is 0.478 e. The molecule has 0 amide bonds. The van der Waals surface area contributed by atoms with Crippen LogP contribution in [0.1, 0.15) is 16.1 Å². The first-order valence-corrected chi connectivity index (χ1v) is 5.98. The minimum atomic E-state index is -4.89. The summed E-state index contributed by atoms with van der Waals surface area (Å²) in [4.78, 5) is 19.0. The summed E-state index contributed by atoms with van der Waals surface area (Å²) >= 11 is 0. The summed E-state index contributed by atoms with van der Waals surface area (Å²) < 4.78 is 39.8. The molecule has 0 spiro atoms. The van der Waals surface area contributed by atoms with Crippen LogP contribution in [0.15, 0.2) is 36.7 Å². The van der Waals surface area contributed by atoms with Crippen molar-refractivity contribution in [2.75, 3.05) is 0 Å². The quantitative estimate of drug-likeness (QED) is 0.787. The molecule has 0 aliphatic carbocycles. The van der Waals surface area contributed by atoms with Crippen molar-refractivity contribution in [2.24, 2.45) is 0 Å². The van der Waals surface area contributed by atoms with Gasteiger partial charge in [-0.25, -0.2) is 14.5 Å². The maximum Gasteiger partial charge on any atom is 0.434 e. The van der Waals surface area contributed by atoms with Crippen molar-refractivity contribution in [3.63, 3.8) is 0 Å². The van der Waals surface area contributed by atoms with Gasteiger partial charge in [0.15, 0.2) is 11.5 Å². The lowest BCUT2D eigenvalue weighted by molar-refractivity contribution is -0.143. The van der Waals surface area contributed by atoms with Gasteiger partial charge in [-0.3, -0.25) is 4.98 Å². The maximum absolute atomic E-state index is 13.1. The van der Waals surface area contributed by atoms with Gasteiger partial charge in [0, 0.05) is 0 Å². The van der Waals surface area contributed by atoms with Crippen molar-refractivity contribution in [3.8, 4) is 5.82 Å². The van der Waals surface area contributed by atoms with Crippen molar-refractivity contribution in [1.82, 2.24) is 19.7 Å². The molecule has 0 radical (unpaired) electrons. The molecule has 0 unspecified atom stereocenters. The number of para-hydroxylation sites is 2.